The topological polar surface area (TPSA) is 0 Å². The summed E-state index contributed by atoms with van der Waals surface area (Å²) < 4.78 is 0. The lowest BCUT2D eigenvalue weighted by molar-refractivity contribution is 0.543. The molecule has 1 aromatic carbocycles. The minimum absolute atomic E-state index is 0.913. The highest BCUT2D eigenvalue weighted by molar-refractivity contribution is 5.40. The van der Waals surface area contributed by atoms with Crippen molar-refractivity contribution in [1.29, 1.82) is 0 Å². The van der Waals surface area contributed by atoms with E-state index < -0.39 is 0 Å². The van der Waals surface area contributed by atoms with Crippen LogP contribution in [0.2, 0.25) is 0 Å². The Hall–Kier alpha value is -0.780. The van der Waals surface area contributed by atoms with Crippen LogP contribution in [-0.4, -0.2) is 0 Å². The van der Waals surface area contributed by atoms with E-state index in [1.807, 2.05) is 0 Å². The quantitative estimate of drug-likeness (QED) is 0.612. The fourth-order valence-electron chi connectivity index (χ4n) is 2.30. The molecule has 0 unspecified atom stereocenters. The van der Waals surface area contributed by atoms with Crippen molar-refractivity contribution in [2.75, 3.05) is 0 Å². The number of rotatable bonds is 1. The zero-order valence-corrected chi connectivity index (χ0v) is 8.85. The summed E-state index contributed by atoms with van der Waals surface area (Å²) in [6.07, 6.45) is 3.95. The van der Waals surface area contributed by atoms with Crippen LogP contribution in [0.15, 0.2) is 12.1 Å². The van der Waals surface area contributed by atoms with Gasteiger partial charge in [-0.05, 0) is 54.9 Å². The van der Waals surface area contributed by atoms with E-state index in [9.17, 15) is 0 Å². The van der Waals surface area contributed by atoms with Crippen molar-refractivity contribution >= 4 is 0 Å². The predicted molar refractivity (Wildman–Crippen MR) is 57.1 cm³/mol. The monoisotopic (exact) mass is 174 g/mol. The zero-order chi connectivity index (χ0) is 9.42. The summed E-state index contributed by atoms with van der Waals surface area (Å²) in [6, 6.07) is 4.78. The first-order valence-electron chi connectivity index (χ1n) is 5.29. The Kier molecular flexibility index (Phi) is 2.15. The molecule has 0 saturated carbocycles. The molecule has 1 aliphatic rings. The van der Waals surface area contributed by atoms with Gasteiger partial charge in [0, 0.05) is 0 Å². The van der Waals surface area contributed by atoms with Crippen molar-refractivity contribution in [3.05, 3.63) is 34.4 Å². The normalized spacial score (nSPS) is 16.2. The van der Waals surface area contributed by atoms with E-state index in [2.05, 4.69) is 32.9 Å². The number of fused-ring (bicyclic) bond motifs is 1. The maximum Gasteiger partial charge on any atom is -0.0244 e. The van der Waals surface area contributed by atoms with Crippen LogP contribution in [0.25, 0.3) is 0 Å². The molecule has 1 aliphatic carbocycles. The molecule has 1 aromatic rings. The molecule has 0 radical (unpaired) electrons. The molecule has 2 rings (SSSR count). The standard InChI is InChI=1S/C13H18/c1-4-11-7-12-5-9(2)10(3)6-13(12)8-11/h5-6,11H,4,7-8H2,1-3H3. The van der Waals surface area contributed by atoms with Crippen molar-refractivity contribution < 1.29 is 0 Å². The van der Waals surface area contributed by atoms with Gasteiger partial charge in [0.1, 0.15) is 0 Å². The van der Waals surface area contributed by atoms with Crippen molar-refractivity contribution in [2.24, 2.45) is 5.92 Å². The van der Waals surface area contributed by atoms with Crippen molar-refractivity contribution in [2.45, 2.75) is 40.0 Å². The van der Waals surface area contributed by atoms with Gasteiger partial charge < -0.3 is 0 Å². The highest BCUT2D eigenvalue weighted by Crippen LogP contribution is 2.30. The number of aryl methyl sites for hydroxylation is 2. The van der Waals surface area contributed by atoms with E-state index in [1.54, 1.807) is 11.1 Å². The van der Waals surface area contributed by atoms with Gasteiger partial charge in [-0.3, -0.25) is 0 Å². The summed E-state index contributed by atoms with van der Waals surface area (Å²) in [4.78, 5) is 0. The molecule has 70 valence electrons. The van der Waals surface area contributed by atoms with Crippen LogP contribution in [0.1, 0.15) is 35.6 Å². The molecular weight excluding hydrogens is 156 g/mol. The van der Waals surface area contributed by atoms with Gasteiger partial charge in [0.05, 0.1) is 0 Å². The van der Waals surface area contributed by atoms with E-state index in [4.69, 9.17) is 0 Å². The third-order valence-electron chi connectivity index (χ3n) is 3.41. The predicted octanol–water partition coefficient (Wildman–Crippen LogP) is 3.43. The van der Waals surface area contributed by atoms with E-state index in [0.29, 0.717) is 0 Å². The van der Waals surface area contributed by atoms with Gasteiger partial charge in [0.15, 0.2) is 0 Å². The van der Waals surface area contributed by atoms with Crippen molar-refractivity contribution in [3.8, 4) is 0 Å². The maximum atomic E-state index is 2.39. The molecule has 0 saturated heterocycles. The number of hydrogen-bond donors (Lipinski definition) is 0. The van der Waals surface area contributed by atoms with Crippen molar-refractivity contribution in [3.63, 3.8) is 0 Å². The van der Waals surface area contributed by atoms with Gasteiger partial charge >= 0.3 is 0 Å². The minimum atomic E-state index is 0.913. The van der Waals surface area contributed by atoms with E-state index in [1.165, 1.54) is 30.4 Å². The molecule has 0 fully saturated rings. The molecular formula is C13H18. The van der Waals surface area contributed by atoms with Gasteiger partial charge in [-0.15, -0.1) is 0 Å². The van der Waals surface area contributed by atoms with Crippen LogP contribution in [0.4, 0.5) is 0 Å². The first kappa shape index (κ1) is 8.80. The van der Waals surface area contributed by atoms with Gasteiger partial charge in [0.25, 0.3) is 0 Å². The van der Waals surface area contributed by atoms with Gasteiger partial charge in [-0.1, -0.05) is 25.5 Å². The zero-order valence-electron chi connectivity index (χ0n) is 8.85. The summed E-state index contributed by atoms with van der Waals surface area (Å²) >= 11 is 0. The molecule has 0 aliphatic heterocycles. The Bertz CT molecular complexity index is 292. The smallest absolute Gasteiger partial charge is 0.0244 e. The summed E-state index contributed by atoms with van der Waals surface area (Å²) in [7, 11) is 0. The van der Waals surface area contributed by atoms with E-state index >= 15 is 0 Å². The van der Waals surface area contributed by atoms with Crippen LogP contribution in [0.3, 0.4) is 0 Å². The molecule has 0 nitrogen and oxygen atoms in total. The highest BCUT2D eigenvalue weighted by atomic mass is 14.2. The SMILES string of the molecule is CCC1Cc2cc(C)c(C)cc2C1. The van der Waals surface area contributed by atoms with Crippen LogP contribution in [-0.2, 0) is 12.8 Å². The Labute approximate surface area is 81.0 Å². The average Bonchev–Trinajstić information content (AvgIpc) is 2.48. The second kappa shape index (κ2) is 3.17. The van der Waals surface area contributed by atoms with E-state index in [0.717, 1.165) is 5.92 Å². The fraction of sp³-hybridized carbons (Fsp3) is 0.538. The Morgan fingerprint density at radius 1 is 1.08 bits per heavy atom. The number of benzene rings is 1. The largest absolute Gasteiger partial charge is 0.0651 e. The molecule has 0 bridgehead atoms. The second-order valence-electron chi connectivity index (χ2n) is 4.39. The minimum Gasteiger partial charge on any atom is -0.0651 e. The average molecular weight is 174 g/mol. The Balaban J connectivity index is 2.36. The first-order chi connectivity index (χ1) is 6.20. The maximum absolute atomic E-state index is 2.39. The molecule has 0 spiro atoms. The number of hydrogen-bond acceptors (Lipinski definition) is 0. The third-order valence-corrected chi connectivity index (χ3v) is 3.41. The first-order valence-corrected chi connectivity index (χ1v) is 5.29. The van der Waals surface area contributed by atoms with Gasteiger partial charge in [-0.25, -0.2) is 0 Å². The summed E-state index contributed by atoms with van der Waals surface area (Å²) in [6.45, 7) is 6.74. The molecule has 0 heterocycles. The Morgan fingerprint density at radius 3 is 1.92 bits per heavy atom. The van der Waals surface area contributed by atoms with Gasteiger partial charge in [-0.2, -0.15) is 0 Å². The fourth-order valence-corrected chi connectivity index (χ4v) is 2.30. The summed E-state index contributed by atoms with van der Waals surface area (Å²) in [5.74, 6) is 0.913. The van der Waals surface area contributed by atoms with Crippen LogP contribution >= 0.6 is 0 Å². The van der Waals surface area contributed by atoms with E-state index in [-0.39, 0.29) is 0 Å². The lowest BCUT2D eigenvalue weighted by Gasteiger charge is -2.03. The molecule has 0 aromatic heterocycles. The third kappa shape index (κ3) is 1.50. The van der Waals surface area contributed by atoms with Crippen LogP contribution in [0, 0.1) is 19.8 Å². The van der Waals surface area contributed by atoms with Crippen LogP contribution in [0.5, 0.6) is 0 Å². The second-order valence-corrected chi connectivity index (χ2v) is 4.39. The molecule has 0 amide bonds. The van der Waals surface area contributed by atoms with Crippen molar-refractivity contribution in [1.82, 2.24) is 0 Å². The lowest BCUT2D eigenvalue weighted by atomic mass is 10.0. The Morgan fingerprint density at radius 2 is 1.54 bits per heavy atom. The lowest BCUT2D eigenvalue weighted by Crippen LogP contribution is -1.95. The summed E-state index contributed by atoms with van der Waals surface area (Å²) in [5.41, 5.74) is 6.12. The molecule has 13 heavy (non-hydrogen) atoms. The van der Waals surface area contributed by atoms with Crippen LogP contribution < -0.4 is 0 Å². The molecule has 0 atom stereocenters. The molecule has 0 heteroatoms. The highest BCUT2D eigenvalue weighted by Gasteiger charge is 2.20. The van der Waals surface area contributed by atoms with Gasteiger partial charge in [0.2, 0.25) is 0 Å². The molecule has 0 N–H and O–H groups in total. The summed E-state index contributed by atoms with van der Waals surface area (Å²) in [5, 5.41) is 0.